The maximum absolute atomic E-state index is 12.9. The van der Waals surface area contributed by atoms with Gasteiger partial charge in [0.15, 0.2) is 11.4 Å². The van der Waals surface area contributed by atoms with Crippen molar-refractivity contribution in [1.82, 2.24) is 10.6 Å². The Labute approximate surface area is 193 Å². The van der Waals surface area contributed by atoms with E-state index in [0.29, 0.717) is 25.7 Å². The third-order valence-corrected chi connectivity index (χ3v) is 6.38. The van der Waals surface area contributed by atoms with Crippen LogP contribution in [0.15, 0.2) is 18.2 Å². The number of epoxide rings is 1. The molecule has 1 aliphatic heterocycles. The number of amides is 2. The van der Waals surface area contributed by atoms with Crippen molar-refractivity contribution < 1.29 is 34.1 Å². The van der Waals surface area contributed by atoms with E-state index >= 15 is 0 Å². The number of hydrogen-bond acceptors (Lipinski definition) is 7. The molecule has 4 atom stereocenters. The van der Waals surface area contributed by atoms with Crippen molar-refractivity contribution in [1.29, 1.82) is 0 Å². The zero-order chi connectivity index (χ0) is 24.2. The number of rotatable bonds is 11. The molecule has 1 aromatic carbocycles. The van der Waals surface area contributed by atoms with Crippen LogP contribution in [0.4, 0.5) is 0 Å². The number of fused-ring (bicyclic) bond motifs is 1. The lowest BCUT2D eigenvalue weighted by Crippen LogP contribution is -2.56. The van der Waals surface area contributed by atoms with Gasteiger partial charge < -0.3 is 30.3 Å². The van der Waals surface area contributed by atoms with E-state index in [1.807, 2.05) is 32.0 Å². The van der Waals surface area contributed by atoms with Gasteiger partial charge in [0.25, 0.3) is 0 Å². The molecular formula is C24H34N2O7. The van der Waals surface area contributed by atoms with Crippen molar-refractivity contribution in [2.24, 2.45) is 11.8 Å². The highest BCUT2D eigenvalue weighted by Crippen LogP contribution is 2.32. The van der Waals surface area contributed by atoms with Crippen molar-refractivity contribution in [3.8, 4) is 5.75 Å². The van der Waals surface area contributed by atoms with Crippen molar-refractivity contribution in [3.05, 3.63) is 29.3 Å². The number of carbonyl (C=O) groups is 3. The summed E-state index contributed by atoms with van der Waals surface area (Å²) in [6, 6.07) is 3.68. The van der Waals surface area contributed by atoms with Gasteiger partial charge in [-0.25, -0.2) is 0 Å². The predicted octanol–water partition coefficient (Wildman–Crippen LogP) is 0.139. The number of nitrogens with one attached hydrogen (secondary N) is 2. The standard InChI is InChI=1S/C24H34N2O7/c1-14(2)9-18(21(29)24(12-28)13-33-24)25-23(31)19(11-27)26-22(30)16-7-8-17-15(10-16)5-4-6-20(17)32-3/h4-6,14,16,18-19,27-28H,7-13H2,1-3H3,(H,25,31)(H,26,30)/t16?,18?,19-,24?/m0/s1. The Bertz CT molecular complexity index is 882. The third-order valence-electron chi connectivity index (χ3n) is 6.38. The normalized spacial score (nSPS) is 23.3. The van der Waals surface area contributed by atoms with Gasteiger partial charge in [0.2, 0.25) is 11.8 Å². The molecule has 9 nitrogen and oxygen atoms in total. The van der Waals surface area contributed by atoms with Gasteiger partial charge in [0, 0.05) is 5.92 Å². The summed E-state index contributed by atoms with van der Waals surface area (Å²) in [5.74, 6) is -0.793. The topological polar surface area (TPSA) is 137 Å². The van der Waals surface area contributed by atoms with Crippen LogP contribution in [0.2, 0.25) is 0 Å². The second-order valence-electron chi connectivity index (χ2n) is 9.28. The summed E-state index contributed by atoms with van der Waals surface area (Å²) in [6.45, 7) is 2.88. The molecule has 1 fully saturated rings. The molecule has 1 heterocycles. The van der Waals surface area contributed by atoms with Gasteiger partial charge in [-0.1, -0.05) is 26.0 Å². The van der Waals surface area contributed by atoms with Crippen LogP contribution in [0.25, 0.3) is 0 Å². The molecule has 3 rings (SSSR count). The minimum atomic E-state index is -1.26. The highest BCUT2D eigenvalue weighted by atomic mass is 16.6. The van der Waals surface area contributed by atoms with Crippen LogP contribution in [0, 0.1) is 11.8 Å². The zero-order valence-electron chi connectivity index (χ0n) is 19.4. The van der Waals surface area contributed by atoms with Gasteiger partial charge >= 0.3 is 0 Å². The maximum atomic E-state index is 12.9. The molecule has 4 N–H and O–H groups in total. The monoisotopic (exact) mass is 462 g/mol. The Kier molecular flexibility index (Phi) is 8.10. The highest BCUT2D eigenvalue weighted by Gasteiger charge is 2.54. The summed E-state index contributed by atoms with van der Waals surface area (Å²) in [6.07, 6.45) is 2.15. The van der Waals surface area contributed by atoms with Crippen molar-refractivity contribution in [3.63, 3.8) is 0 Å². The van der Waals surface area contributed by atoms with E-state index in [4.69, 9.17) is 9.47 Å². The van der Waals surface area contributed by atoms with Gasteiger partial charge in [-0.3, -0.25) is 14.4 Å². The second kappa shape index (κ2) is 10.6. The van der Waals surface area contributed by atoms with Crippen LogP contribution in [0.1, 0.15) is 37.8 Å². The van der Waals surface area contributed by atoms with Crippen LogP contribution in [0.3, 0.4) is 0 Å². The van der Waals surface area contributed by atoms with E-state index in [1.165, 1.54) is 0 Å². The first kappa shape index (κ1) is 25.1. The second-order valence-corrected chi connectivity index (χ2v) is 9.28. The predicted molar refractivity (Wildman–Crippen MR) is 120 cm³/mol. The molecule has 2 amide bonds. The lowest BCUT2D eigenvalue weighted by Gasteiger charge is -2.28. The van der Waals surface area contributed by atoms with E-state index in [0.717, 1.165) is 16.9 Å². The maximum Gasteiger partial charge on any atom is 0.245 e. The number of aliphatic hydroxyl groups is 2. The Balaban J connectivity index is 1.63. The average molecular weight is 463 g/mol. The average Bonchev–Trinajstić information content (AvgIpc) is 3.61. The third kappa shape index (κ3) is 5.72. The van der Waals surface area contributed by atoms with E-state index in [1.54, 1.807) is 7.11 Å². The minimum Gasteiger partial charge on any atom is -0.496 e. The molecule has 9 heteroatoms. The SMILES string of the molecule is COc1cccc2c1CCC(C(=O)N[C@@H](CO)C(=O)NC(CC(C)C)C(=O)C1(CO)CO1)C2. The highest BCUT2D eigenvalue weighted by molar-refractivity contribution is 5.98. The van der Waals surface area contributed by atoms with Gasteiger partial charge in [-0.2, -0.15) is 0 Å². The number of ether oxygens (including phenoxy) is 2. The number of methoxy groups -OCH3 is 1. The summed E-state index contributed by atoms with van der Waals surface area (Å²) in [5.41, 5.74) is 0.865. The van der Waals surface area contributed by atoms with Gasteiger partial charge in [0.05, 0.1) is 33.0 Å². The molecule has 0 bridgehead atoms. The van der Waals surface area contributed by atoms with Crippen LogP contribution in [-0.4, -0.2) is 72.4 Å². The van der Waals surface area contributed by atoms with Crippen LogP contribution in [-0.2, 0) is 32.0 Å². The van der Waals surface area contributed by atoms with Crippen LogP contribution >= 0.6 is 0 Å². The van der Waals surface area contributed by atoms with E-state index in [-0.39, 0.29) is 24.3 Å². The molecule has 0 spiro atoms. The summed E-state index contributed by atoms with van der Waals surface area (Å²) in [5, 5.41) is 24.6. The minimum absolute atomic E-state index is 0.0928. The fourth-order valence-electron chi connectivity index (χ4n) is 4.36. The molecule has 1 saturated heterocycles. The number of ketones is 1. The quantitative estimate of drug-likeness (QED) is 0.343. The summed E-state index contributed by atoms with van der Waals surface area (Å²) >= 11 is 0. The molecule has 0 radical (unpaired) electrons. The van der Waals surface area contributed by atoms with E-state index in [2.05, 4.69) is 10.6 Å². The lowest BCUT2D eigenvalue weighted by molar-refractivity contribution is -0.135. The van der Waals surface area contributed by atoms with Crippen molar-refractivity contribution in [2.45, 2.75) is 57.2 Å². The molecule has 3 unspecified atom stereocenters. The number of Topliss-reactive ketones (excluding diaryl/α,β-unsaturated/α-hetero) is 1. The first-order chi connectivity index (χ1) is 15.7. The smallest absolute Gasteiger partial charge is 0.245 e. The Hall–Kier alpha value is -2.49. The van der Waals surface area contributed by atoms with Gasteiger partial charge in [0.1, 0.15) is 11.8 Å². The molecule has 33 heavy (non-hydrogen) atoms. The van der Waals surface area contributed by atoms with Gasteiger partial charge in [-0.05, 0) is 48.8 Å². The largest absolute Gasteiger partial charge is 0.496 e. The van der Waals surface area contributed by atoms with Crippen molar-refractivity contribution >= 4 is 17.6 Å². The Morgan fingerprint density at radius 3 is 2.52 bits per heavy atom. The first-order valence-electron chi connectivity index (χ1n) is 11.4. The number of hydrogen-bond donors (Lipinski definition) is 4. The first-order valence-corrected chi connectivity index (χ1v) is 11.4. The fraction of sp³-hybridized carbons (Fsp3) is 0.625. The fourth-order valence-corrected chi connectivity index (χ4v) is 4.36. The molecule has 0 saturated carbocycles. The lowest BCUT2D eigenvalue weighted by atomic mass is 9.83. The molecule has 182 valence electrons. The molecule has 2 aliphatic rings. The Morgan fingerprint density at radius 2 is 1.94 bits per heavy atom. The summed E-state index contributed by atoms with van der Waals surface area (Å²) < 4.78 is 10.6. The zero-order valence-corrected chi connectivity index (χ0v) is 19.4. The number of carbonyl (C=O) groups excluding carboxylic acids is 3. The number of benzene rings is 1. The molecule has 0 aromatic heterocycles. The van der Waals surface area contributed by atoms with Crippen LogP contribution < -0.4 is 15.4 Å². The van der Waals surface area contributed by atoms with E-state index < -0.39 is 42.6 Å². The van der Waals surface area contributed by atoms with Crippen LogP contribution in [0.5, 0.6) is 5.75 Å². The molecule has 1 aromatic rings. The summed E-state index contributed by atoms with van der Waals surface area (Å²) in [4.78, 5) is 38.6. The summed E-state index contributed by atoms with van der Waals surface area (Å²) in [7, 11) is 1.62. The van der Waals surface area contributed by atoms with E-state index in [9.17, 15) is 24.6 Å². The molecular weight excluding hydrogens is 428 g/mol. The Morgan fingerprint density at radius 1 is 1.21 bits per heavy atom. The van der Waals surface area contributed by atoms with Gasteiger partial charge in [-0.15, -0.1) is 0 Å². The number of aliphatic hydroxyl groups excluding tert-OH is 2. The molecule has 1 aliphatic carbocycles. The van der Waals surface area contributed by atoms with Crippen molar-refractivity contribution in [2.75, 3.05) is 26.9 Å².